The van der Waals surface area contributed by atoms with Crippen molar-refractivity contribution in [3.63, 3.8) is 0 Å². The lowest BCUT2D eigenvalue weighted by Crippen LogP contribution is -2.35. The second kappa shape index (κ2) is 7.40. The van der Waals surface area contributed by atoms with E-state index < -0.39 is 0 Å². The van der Waals surface area contributed by atoms with E-state index in [1.165, 1.54) is 5.69 Å². The molecular weight excluding hydrogens is 318 g/mol. The van der Waals surface area contributed by atoms with Crippen LogP contribution >= 0.6 is 22.9 Å². The van der Waals surface area contributed by atoms with Gasteiger partial charge < -0.3 is 4.74 Å². The van der Waals surface area contributed by atoms with Crippen LogP contribution in [0.2, 0.25) is 5.02 Å². The fourth-order valence-corrected chi connectivity index (χ4v) is 3.48. The molecule has 1 saturated heterocycles. The van der Waals surface area contributed by atoms with Crippen molar-refractivity contribution in [1.29, 1.82) is 0 Å². The number of halogens is 1. The molecule has 4 nitrogen and oxygen atoms in total. The van der Waals surface area contributed by atoms with Crippen LogP contribution in [-0.2, 0) is 6.54 Å². The Balaban J connectivity index is 1.43. The van der Waals surface area contributed by atoms with Crippen molar-refractivity contribution in [1.82, 2.24) is 14.9 Å². The Kier molecular flexibility index (Phi) is 5.28. The molecule has 0 unspecified atom stereocenters. The highest BCUT2D eigenvalue weighted by molar-refractivity contribution is 7.09. The number of hydrogen-bond acceptors (Lipinski definition) is 5. The van der Waals surface area contributed by atoms with E-state index in [0.717, 1.165) is 37.5 Å². The van der Waals surface area contributed by atoms with E-state index in [1.807, 2.05) is 12.1 Å². The molecule has 0 bridgehead atoms. The standard InChI is InChI=1S/C16H20ClN3OS/c1-12-19-14(11-22-12)9-20-7-4-13(5-8-20)10-21-16-15(17)3-2-6-18-16/h2-3,6,11,13H,4-5,7-10H2,1H3. The highest BCUT2D eigenvalue weighted by Gasteiger charge is 2.20. The van der Waals surface area contributed by atoms with Crippen molar-refractivity contribution in [3.8, 4) is 5.88 Å². The van der Waals surface area contributed by atoms with Crippen LogP contribution in [0.15, 0.2) is 23.7 Å². The van der Waals surface area contributed by atoms with E-state index in [2.05, 4.69) is 27.2 Å². The van der Waals surface area contributed by atoms with Crippen LogP contribution < -0.4 is 4.74 Å². The lowest BCUT2D eigenvalue weighted by Gasteiger charge is -2.31. The lowest BCUT2D eigenvalue weighted by molar-refractivity contribution is 0.134. The summed E-state index contributed by atoms with van der Waals surface area (Å²) in [5.74, 6) is 1.12. The highest BCUT2D eigenvalue weighted by Crippen LogP contribution is 2.24. The Morgan fingerprint density at radius 1 is 1.41 bits per heavy atom. The summed E-state index contributed by atoms with van der Waals surface area (Å²) in [6.45, 7) is 5.91. The number of aryl methyl sites for hydroxylation is 1. The molecule has 0 N–H and O–H groups in total. The Bertz CT molecular complexity index is 611. The van der Waals surface area contributed by atoms with E-state index >= 15 is 0 Å². The fraction of sp³-hybridized carbons (Fsp3) is 0.500. The van der Waals surface area contributed by atoms with Gasteiger partial charge in [-0.2, -0.15) is 0 Å². The summed E-state index contributed by atoms with van der Waals surface area (Å²) in [6, 6.07) is 3.62. The summed E-state index contributed by atoms with van der Waals surface area (Å²) in [5, 5.41) is 3.89. The fourth-order valence-electron chi connectivity index (χ4n) is 2.70. The van der Waals surface area contributed by atoms with Gasteiger partial charge in [-0.05, 0) is 50.9 Å². The number of rotatable bonds is 5. The number of likely N-dealkylation sites (tertiary alicyclic amines) is 1. The predicted octanol–water partition coefficient (Wildman–Crippen LogP) is 3.79. The molecule has 2 aromatic heterocycles. The largest absolute Gasteiger partial charge is 0.476 e. The average Bonchev–Trinajstić information content (AvgIpc) is 2.93. The maximum absolute atomic E-state index is 6.06. The summed E-state index contributed by atoms with van der Waals surface area (Å²) in [5.41, 5.74) is 1.19. The smallest absolute Gasteiger partial charge is 0.232 e. The van der Waals surface area contributed by atoms with Crippen LogP contribution in [0.25, 0.3) is 0 Å². The summed E-state index contributed by atoms with van der Waals surface area (Å²) in [4.78, 5) is 11.2. The first-order valence-electron chi connectivity index (χ1n) is 7.57. The third kappa shape index (κ3) is 4.18. The van der Waals surface area contributed by atoms with Crippen molar-refractivity contribution in [2.45, 2.75) is 26.3 Å². The summed E-state index contributed by atoms with van der Waals surface area (Å²) < 4.78 is 5.76. The number of nitrogens with zero attached hydrogens (tertiary/aromatic N) is 3. The molecule has 6 heteroatoms. The Morgan fingerprint density at radius 3 is 2.91 bits per heavy atom. The minimum absolute atomic E-state index is 0.546. The zero-order valence-electron chi connectivity index (χ0n) is 12.7. The monoisotopic (exact) mass is 337 g/mol. The summed E-state index contributed by atoms with van der Waals surface area (Å²) in [6.07, 6.45) is 4.00. The second-order valence-electron chi connectivity index (χ2n) is 5.68. The molecule has 2 aromatic rings. The topological polar surface area (TPSA) is 38.2 Å². The predicted molar refractivity (Wildman–Crippen MR) is 89.6 cm³/mol. The number of piperidine rings is 1. The van der Waals surface area contributed by atoms with Gasteiger partial charge in [0.25, 0.3) is 0 Å². The van der Waals surface area contributed by atoms with E-state index in [9.17, 15) is 0 Å². The minimum Gasteiger partial charge on any atom is -0.476 e. The third-order valence-corrected chi connectivity index (χ3v) is 5.05. The molecule has 0 aliphatic carbocycles. The summed E-state index contributed by atoms with van der Waals surface area (Å²) >= 11 is 7.78. The highest BCUT2D eigenvalue weighted by atomic mass is 35.5. The van der Waals surface area contributed by atoms with E-state index in [-0.39, 0.29) is 0 Å². The molecule has 3 heterocycles. The normalized spacial score (nSPS) is 16.8. The molecule has 22 heavy (non-hydrogen) atoms. The first-order valence-corrected chi connectivity index (χ1v) is 8.83. The van der Waals surface area contributed by atoms with Crippen LogP contribution in [0.1, 0.15) is 23.5 Å². The minimum atomic E-state index is 0.546. The maximum Gasteiger partial charge on any atom is 0.232 e. The number of ether oxygens (including phenoxy) is 1. The molecule has 118 valence electrons. The quantitative estimate of drug-likeness (QED) is 0.832. The van der Waals surface area contributed by atoms with Crippen LogP contribution in [-0.4, -0.2) is 34.6 Å². The zero-order chi connectivity index (χ0) is 15.4. The van der Waals surface area contributed by atoms with E-state index in [1.54, 1.807) is 17.5 Å². The molecule has 0 amide bonds. The van der Waals surface area contributed by atoms with Crippen LogP contribution in [0.3, 0.4) is 0 Å². The number of thiazole rings is 1. The molecule has 3 rings (SSSR count). The van der Waals surface area contributed by atoms with Crippen molar-refractivity contribution >= 4 is 22.9 Å². The van der Waals surface area contributed by atoms with Gasteiger partial charge in [-0.1, -0.05) is 11.6 Å². The third-order valence-electron chi connectivity index (χ3n) is 3.94. The van der Waals surface area contributed by atoms with Crippen molar-refractivity contribution < 1.29 is 4.74 Å². The van der Waals surface area contributed by atoms with E-state index in [4.69, 9.17) is 16.3 Å². The Labute approximate surface area is 140 Å². The molecule has 0 radical (unpaired) electrons. The van der Waals surface area contributed by atoms with Gasteiger partial charge in [-0.15, -0.1) is 11.3 Å². The van der Waals surface area contributed by atoms with Crippen molar-refractivity contribution in [3.05, 3.63) is 39.4 Å². The molecule has 0 aromatic carbocycles. The van der Waals surface area contributed by atoms with Gasteiger partial charge in [0.1, 0.15) is 5.02 Å². The first-order chi connectivity index (χ1) is 10.7. The molecule has 1 aliphatic heterocycles. The van der Waals surface area contributed by atoms with Crippen molar-refractivity contribution in [2.75, 3.05) is 19.7 Å². The van der Waals surface area contributed by atoms with Crippen LogP contribution in [0.5, 0.6) is 5.88 Å². The van der Waals surface area contributed by atoms with Gasteiger partial charge in [-0.25, -0.2) is 9.97 Å². The number of aromatic nitrogens is 2. The average molecular weight is 338 g/mol. The molecule has 0 spiro atoms. The van der Waals surface area contributed by atoms with Crippen LogP contribution in [0.4, 0.5) is 0 Å². The van der Waals surface area contributed by atoms with Gasteiger partial charge in [-0.3, -0.25) is 4.90 Å². The van der Waals surface area contributed by atoms with Gasteiger partial charge in [0.15, 0.2) is 0 Å². The van der Waals surface area contributed by atoms with Gasteiger partial charge >= 0.3 is 0 Å². The number of hydrogen-bond donors (Lipinski definition) is 0. The lowest BCUT2D eigenvalue weighted by atomic mass is 9.98. The SMILES string of the molecule is Cc1nc(CN2CCC(COc3ncccc3Cl)CC2)cs1. The van der Waals surface area contributed by atoms with E-state index in [0.29, 0.717) is 23.4 Å². The van der Waals surface area contributed by atoms with Gasteiger partial charge in [0.05, 0.1) is 17.3 Å². The molecule has 0 atom stereocenters. The van der Waals surface area contributed by atoms with Gasteiger partial charge in [0, 0.05) is 18.1 Å². The Morgan fingerprint density at radius 2 is 2.23 bits per heavy atom. The maximum atomic E-state index is 6.06. The first kappa shape index (κ1) is 15.7. The van der Waals surface area contributed by atoms with Crippen LogP contribution in [0, 0.1) is 12.8 Å². The zero-order valence-corrected chi connectivity index (χ0v) is 14.2. The summed E-state index contributed by atoms with van der Waals surface area (Å²) in [7, 11) is 0. The Hall–Kier alpha value is -1.17. The molecule has 0 saturated carbocycles. The molecule has 1 aliphatic rings. The van der Waals surface area contributed by atoms with Gasteiger partial charge in [0.2, 0.25) is 5.88 Å². The second-order valence-corrected chi connectivity index (χ2v) is 7.15. The number of pyridine rings is 1. The molecular formula is C16H20ClN3OS. The molecule has 1 fully saturated rings. The van der Waals surface area contributed by atoms with Crippen molar-refractivity contribution in [2.24, 2.45) is 5.92 Å².